The predicted octanol–water partition coefficient (Wildman–Crippen LogP) is 0.935. The predicted molar refractivity (Wildman–Crippen MR) is 100 cm³/mol. The number of rotatable bonds is 6. The van der Waals surface area contributed by atoms with Gasteiger partial charge in [0, 0.05) is 0 Å². The maximum atomic E-state index is 12.8. The monoisotopic (exact) mass is 374 g/mol. The van der Waals surface area contributed by atoms with Crippen LogP contribution in [-0.4, -0.2) is 45.4 Å². The number of quaternary nitrogens is 1. The maximum Gasteiger partial charge on any atom is 0.338 e. The lowest BCUT2D eigenvalue weighted by Crippen LogP contribution is -3.13. The van der Waals surface area contributed by atoms with E-state index in [-0.39, 0.29) is 12.6 Å². The molecular formula is C20H28N3O4+. The average Bonchev–Trinajstić information content (AvgIpc) is 2.68. The number of likely N-dealkylation sites (tertiary alicyclic amines) is 1. The van der Waals surface area contributed by atoms with E-state index >= 15 is 0 Å². The fourth-order valence-electron chi connectivity index (χ4n) is 3.73. The van der Waals surface area contributed by atoms with Crippen molar-refractivity contribution in [1.82, 2.24) is 10.6 Å². The quantitative estimate of drug-likeness (QED) is 0.648. The highest BCUT2D eigenvalue weighted by molar-refractivity contribution is 5.95. The molecule has 146 valence electrons. The lowest BCUT2D eigenvalue weighted by Gasteiger charge is -2.31. The topological polar surface area (TPSA) is 81.1 Å². The van der Waals surface area contributed by atoms with E-state index in [9.17, 15) is 9.59 Å². The van der Waals surface area contributed by atoms with Crippen molar-refractivity contribution in [3.05, 3.63) is 41.1 Å². The van der Waals surface area contributed by atoms with Crippen molar-refractivity contribution in [2.45, 2.75) is 32.2 Å². The molecule has 1 saturated heterocycles. The van der Waals surface area contributed by atoms with Gasteiger partial charge in [-0.2, -0.15) is 0 Å². The summed E-state index contributed by atoms with van der Waals surface area (Å²) in [4.78, 5) is 26.4. The largest absolute Gasteiger partial charge is 0.497 e. The molecule has 0 aliphatic carbocycles. The van der Waals surface area contributed by atoms with Gasteiger partial charge >= 0.3 is 12.0 Å². The van der Waals surface area contributed by atoms with Gasteiger partial charge in [-0.25, -0.2) is 9.59 Å². The Kier molecular flexibility index (Phi) is 6.34. The number of ether oxygens (including phenoxy) is 2. The Labute approximate surface area is 159 Å². The van der Waals surface area contributed by atoms with Crippen LogP contribution in [0.4, 0.5) is 4.79 Å². The smallest absolute Gasteiger partial charge is 0.338 e. The second-order valence-electron chi connectivity index (χ2n) is 6.90. The van der Waals surface area contributed by atoms with Crippen molar-refractivity contribution in [1.29, 1.82) is 0 Å². The van der Waals surface area contributed by atoms with Crippen LogP contribution in [0, 0.1) is 0 Å². The Morgan fingerprint density at radius 1 is 1.19 bits per heavy atom. The number of amides is 2. The molecule has 7 nitrogen and oxygen atoms in total. The molecule has 0 spiro atoms. The molecular weight excluding hydrogens is 346 g/mol. The summed E-state index contributed by atoms with van der Waals surface area (Å²) in [5.74, 6) is 0.330. The van der Waals surface area contributed by atoms with Crippen LogP contribution in [0.1, 0.15) is 37.8 Å². The second-order valence-corrected chi connectivity index (χ2v) is 6.90. The minimum Gasteiger partial charge on any atom is -0.497 e. The van der Waals surface area contributed by atoms with Crippen LogP contribution in [0.25, 0.3) is 0 Å². The maximum absolute atomic E-state index is 12.8. The number of piperidine rings is 1. The Bertz CT molecular complexity index is 708. The zero-order valence-corrected chi connectivity index (χ0v) is 16.0. The molecule has 0 bridgehead atoms. The number of nitrogens with one attached hydrogen (secondary N) is 3. The minimum atomic E-state index is -0.539. The molecule has 1 fully saturated rings. The molecule has 2 aliphatic heterocycles. The van der Waals surface area contributed by atoms with Crippen molar-refractivity contribution in [2.75, 3.05) is 33.4 Å². The summed E-state index contributed by atoms with van der Waals surface area (Å²) in [5, 5.41) is 5.73. The summed E-state index contributed by atoms with van der Waals surface area (Å²) in [7, 11) is 1.60. The van der Waals surface area contributed by atoms with Crippen molar-refractivity contribution < 1.29 is 24.0 Å². The molecule has 7 heteroatoms. The van der Waals surface area contributed by atoms with Gasteiger partial charge in [-0.05, 0) is 43.9 Å². The molecule has 1 atom stereocenters. The summed E-state index contributed by atoms with van der Waals surface area (Å²) >= 11 is 0. The number of esters is 1. The third kappa shape index (κ3) is 4.60. The summed E-state index contributed by atoms with van der Waals surface area (Å²) in [6, 6.07) is 6.53. The Balaban J connectivity index is 1.95. The normalized spacial score (nSPS) is 20.7. The Morgan fingerprint density at radius 2 is 1.89 bits per heavy atom. The lowest BCUT2D eigenvalue weighted by molar-refractivity contribution is -0.900. The molecule has 3 rings (SSSR count). The van der Waals surface area contributed by atoms with Gasteiger partial charge in [-0.1, -0.05) is 12.1 Å². The third-order valence-electron chi connectivity index (χ3n) is 5.09. The number of hydrogen-bond donors (Lipinski definition) is 3. The highest BCUT2D eigenvalue weighted by Crippen LogP contribution is 2.28. The first kappa shape index (κ1) is 19.2. The number of benzene rings is 1. The number of hydrogen-bond acceptors (Lipinski definition) is 4. The Morgan fingerprint density at radius 3 is 2.52 bits per heavy atom. The summed E-state index contributed by atoms with van der Waals surface area (Å²) in [6.45, 7) is 4.79. The van der Waals surface area contributed by atoms with Crippen molar-refractivity contribution in [3.63, 3.8) is 0 Å². The van der Waals surface area contributed by atoms with Gasteiger partial charge in [-0.3, -0.25) is 0 Å². The fourth-order valence-corrected chi connectivity index (χ4v) is 3.73. The molecule has 0 radical (unpaired) electrons. The fraction of sp³-hybridized carbons (Fsp3) is 0.500. The van der Waals surface area contributed by atoms with Gasteiger partial charge < -0.3 is 25.0 Å². The third-order valence-corrected chi connectivity index (χ3v) is 5.09. The minimum absolute atomic E-state index is 0.287. The molecule has 3 N–H and O–H groups in total. The van der Waals surface area contributed by atoms with Crippen LogP contribution >= 0.6 is 0 Å². The molecule has 0 saturated carbocycles. The average molecular weight is 374 g/mol. The number of carbonyl (C=O) groups is 2. The van der Waals surface area contributed by atoms with Crippen LogP contribution in [0.2, 0.25) is 0 Å². The molecule has 2 amide bonds. The van der Waals surface area contributed by atoms with Gasteiger partial charge in [0.05, 0.1) is 44.1 Å². The molecule has 2 heterocycles. The van der Waals surface area contributed by atoms with Crippen LogP contribution in [0.15, 0.2) is 35.5 Å². The van der Waals surface area contributed by atoms with Gasteiger partial charge in [0.25, 0.3) is 0 Å². The van der Waals surface area contributed by atoms with Crippen LogP contribution < -0.4 is 20.3 Å². The van der Waals surface area contributed by atoms with Crippen molar-refractivity contribution >= 4 is 12.0 Å². The van der Waals surface area contributed by atoms with E-state index in [1.165, 1.54) is 24.2 Å². The number of methoxy groups -OCH3 is 1. The highest BCUT2D eigenvalue weighted by atomic mass is 16.5. The van der Waals surface area contributed by atoms with E-state index in [0.717, 1.165) is 24.4 Å². The van der Waals surface area contributed by atoms with Gasteiger partial charge in [0.2, 0.25) is 0 Å². The van der Waals surface area contributed by atoms with Crippen molar-refractivity contribution in [3.8, 4) is 5.75 Å². The van der Waals surface area contributed by atoms with Crippen LogP contribution in [-0.2, 0) is 9.53 Å². The summed E-state index contributed by atoms with van der Waals surface area (Å²) in [5.41, 5.74) is 1.97. The summed E-state index contributed by atoms with van der Waals surface area (Å²) in [6.07, 6.45) is 3.59. The van der Waals surface area contributed by atoms with E-state index in [1.54, 1.807) is 14.0 Å². The number of urea groups is 1. The molecule has 0 unspecified atom stereocenters. The van der Waals surface area contributed by atoms with Gasteiger partial charge in [0.1, 0.15) is 12.3 Å². The van der Waals surface area contributed by atoms with Crippen LogP contribution in [0.5, 0.6) is 5.75 Å². The first-order valence-electron chi connectivity index (χ1n) is 9.57. The SMILES string of the molecule is CCOC(=O)C1=C(C[NH+]2CCCCC2)NC(=O)N[C@@H]1c1ccc(OC)cc1. The Hall–Kier alpha value is -2.54. The lowest BCUT2D eigenvalue weighted by atomic mass is 9.94. The molecule has 2 aliphatic rings. The first-order valence-corrected chi connectivity index (χ1v) is 9.57. The van der Waals surface area contributed by atoms with Crippen molar-refractivity contribution in [2.24, 2.45) is 0 Å². The van der Waals surface area contributed by atoms with E-state index in [4.69, 9.17) is 9.47 Å². The molecule has 0 aromatic heterocycles. The second kappa shape index (κ2) is 8.90. The van der Waals surface area contributed by atoms with E-state index in [2.05, 4.69) is 10.6 Å². The molecule has 1 aromatic rings. The van der Waals surface area contributed by atoms with E-state index in [0.29, 0.717) is 17.8 Å². The number of carbonyl (C=O) groups excluding carboxylic acids is 2. The van der Waals surface area contributed by atoms with Gasteiger partial charge in [-0.15, -0.1) is 0 Å². The standard InChI is InChI=1S/C20H27N3O4/c1-3-27-19(24)17-16(13-23-11-5-4-6-12-23)21-20(25)22-18(17)14-7-9-15(26-2)10-8-14/h7-10,18H,3-6,11-13H2,1-2H3,(H2,21,22,25)/p+1/t18-/m1/s1. The van der Waals surface area contributed by atoms with Gasteiger partial charge in [0.15, 0.2) is 0 Å². The molecule has 27 heavy (non-hydrogen) atoms. The summed E-state index contributed by atoms with van der Waals surface area (Å²) < 4.78 is 10.5. The van der Waals surface area contributed by atoms with E-state index < -0.39 is 12.0 Å². The zero-order valence-electron chi connectivity index (χ0n) is 16.0. The van der Waals surface area contributed by atoms with Crippen LogP contribution in [0.3, 0.4) is 0 Å². The highest BCUT2D eigenvalue weighted by Gasteiger charge is 2.35. The molecule has 1 aromatic carbocycles. The first-order chi connectivity index (χ1) is 13.1. The van der Waals surface area contributed by atoms with E-state index in [1.807, 2.05) is 24.3 Å². The zero-order chi connectivity index (χ0) is 19.2.